The van der Waals surface area contributed by atoms with Gasteiger partial charge in [0.2, 0.25) is 0 Å². The second-order valence-corrected chi connectivity index (χ2v) is 7.46. The summed E-state index contributed by atoms with van der Waals surface area (Å²) >= 11 is 9.27. The third-order valence-corrected chi connectivity index (χ3v) is 3.92. The lowest BCUT2D eigenvalue weighted by Crippen LogP contribution is -2.25. The maximum absolute atomic E-state index is 10.7. The van der Waals surface area contributed by atoms with Gasteiger partial charge in [0.05, 0.1) is 11.4 Å². The second-order valence-electron chi connectivity index (χ2n) is 6.58. The Morgan fingerprint density at radius 1 is 0.676 bits per heavy atom. The van der Waals surface area contributed by atoms with Crippen LogP contribution in [-0.4, -0.2) is 33.6 Å². The summed E-state index contributed by atoms with van der Waals surface area (Å²) in [6.45, 7) is 6.33. The zero-order valence-corrected chi connectivity index (χ0v) is 20.8. The lowest BCUT2D eigenvalue weighted by Gasteiger charge is -2.04. The van der Waals surface area contributed by atoms with Gasteiger partial charge < -0.3 is 20.9 Å². The zero-order valence-electron chi connectivity index (χ0n) is 19.1. The van der Waals surface area contributed by atoms with E-state index in [1.165, 1.54) is 13.8 Å². The fraction of sp³-hybridized carbons (Fsp3) is 0.182. The van der Waals surface area contributed by atoms with Crippen LogP contribution in [-0.2, 0) is 9.59 Å². The Morgan fingerprint density at radius 3 is 1.21 bits per heavy atom. The van der Waals surface area contributed by atoms with E-state index in [1.54, 1.807) is 48.5 Å². The molecule has 0 aromatic heterocycles. The highest BCUT2D eigenvalue weighted by Crippen LogP contribution is 2.13. The molecule has 0 heterocycles. The molecule has 2 aromatic rings. The molecule has 0 unspecified atom stereocenters. The van der Waals surface area contributed by atoms with Crippen LogP contribution in [0.5, 0.6) is 11.5 Å². The third kappa shape index (κ3) is 11.6. The first-order valence-corrected chi connectivity index (χ1v) is 10.6. The third-order valence-electron chi connectivity index (χ3n) is 3.73. The van der Waals surface area contributed by atoms with E-state index in [0.29, 0.717) is 11.5 Å². The number of nitrogens with one attached hydrogen (secondary N) is 2. The molecule has 10 nitrogen and oxygen atoms in total. The van der Waals surface area contributed by atoms with Crippen molar-refractivity contribution in [2.45, 2.75) is 27.7 Å². The van der Waals surface area contributed by atoms with Crippen molar-refractivity contribution in [2.75, 3.05) is 0 Å². The number of hydrogen-bond donors (Lipinski definition) is 4. The highest BCUT2D eigenvalue weighted by atomic mass is 32.1. The van der Waals surface area contributed by atoms with E-state index in [-0.39, 0.29) is 22.2 Å². The van der Waals surface area contributed by atoms with Crippen LogP contribution in [0, 0.1) is 0 Å². The topological polar surface area (TPSA) is 153 Å². The molecule has 0 saturated heterocycles. The predicted molar refractivity (Wildman–Crippen MR) is 140 cm³/mol. The Labute approximate surface area is 208 Å². The van der Waals surface area contributed by atoms with Gasteiger partial charge in [-0.25, -0.2) is 0 Å². The molecule has 0 aliphatic rings. The van der Waals surface area contributed by atoms with Gasteiger partial charge in [0.25, 0.3) is 0 Å². The SMILES string of the molecule is CC(=O)Oc1ccc(/C(C)=N/NC(N)=S)cc1.CC(=O)Oc1ccc(/C(C)=N/NC(N)=S)cc1. The lowest BCUT2D eigenvalue weighted by atomic mass is 10.1. The summed E-state index contributed by atoms with van der Waals surface area (Å²) in [5, 5.41) is 8.18. The summed E-state index contributed by atoms with van der Waals surface area (Å²) in [6, 6.07) is 13.9. The van der Waals surface area contributed by atoms with Gasteiger partial charge in [-0.3, -0.25) is 20.4 Å². The van der Waals surface area contributed by atoms with Crippen molar-refractivity contribution >= 4 is 58.0 Å². The molecule has 6 N–H and O–H groups in total. The van der Waals surface area contributed by atoms with Crippen molar-refractivity contribution in [3.63, 3.8) is 0 Å². The minimum Gasteiger partial charge on any atom is -0.427 e. The molecule has 0 aliphatic heterocycles. The van der Waals surface area contributed by atoms with Gasteiger partial charge in [-0.1, -0.05) is 0 Å². The van der Waals surface area contributed by atoms with Crippen LogP contribution >= 0.6 is 24.4 Å². The van der Waals surface area contributed by atoms with Crippen molar-refractivity contribution in [1.29, 1.82) is 0 Å². The quantitative estimate of drug-likeness (QED) is 0.152. The van der Waals surface area contributed by atoms with Gasteiger partial charge in [0.1, 0.15) is 11.5 Å². The highest BCUT2D eigenvalue weighted by Gasteiger charge is 2.02. The molecule has 12 heteroatoms. The molecule has 0 radical (unpaired) electrons. The fourth-order valence-electron chi connectivity index (χ4n) is 2.27. The van der Waals surface area contributed by atoms with Gasteiger partial charge in [-0.05, 0) is 97.9 Å². The number of hydrogen-bond acceptors (Lipinski definition) is 8. The first-order chi connectivity index (χ1) is 16.0. The summed E-state index contributed by atoms with van der Waals surface area (Å²) in [6.07, 6.45) is 0. The van der Waals surface area contributed by atoms with Gasteiger partial charge >= 0.3 is 11.9 Å². The summed E-state index contributed by atoms with van der Waals surface area (Å²) in [4.78, 5) is 21.5. The smallest absolute Gasteiger partial charge is 0.308 e. The van der Waals surface area contributed by atoms with Crippen molar-refractivity contribution in [3.8, 4) is 11.5 Å². The van der Waals surface area contributed by atoms with Crippen molar-refractivity contribution < 1.29 is 19.1 Å². The molecule has 2 aromatic carbocycles. The van der Waals surface area contributed by atoms with Crippen LogP contribution < -0.4 is 31.8 Å². The van der Waals surface area contributed by atoms with Gasteiger partial charge in [-0.15, -0.1) is 0 Å². The first kappa shape index (κ1) is 28.1. The molecule has 0 spiro atoms. The maximum atomic E-state index is 10.7. The summed E-state index contributed by atoms with van der Waals surface area (Å²) in [5.74, 6) is 0.296. The Bertz CT molecular complexity index is 996. The lowest BCUT2D eigenvalue weighted by molar-refractivity contribution is -0.132. The zero-order chi connectivity index (χ0) is 25.7. The average molecular weight is 503 g/mol. The van der Waals surface area contributed by atoms with Crippen LogP contribution in [0.25, 0.3) is 0 Å². The average Bonchev–Trinajstić information content (AvgIpc) is 2.76. The van der Waals surface area contributed by atoms with Crippen molar-refractivity contribution in [1.82, 2.24) is 10.9 Å². The van der Waals surface area contributed by atoms with Crippen LogP contribution in [0.15, 0.2) is 58.7 Å². The molecule has 0 bridgehead atoms. The Kier molecular flexibility index (Phi) is 11.8. The van der Waals surface area contributed by atoms with E-state index in [4.69, 9.17) is 20.9 Å². The normalized spacial score (nSPS) is 10.8. The van der Waals surface area contributed by atoms with E-state index in [9.17, 15) is 9.59 Å². The molecule has 0 atom stereocenters. The second kappa shape index (κ2) is 14.3. The van der Waals surface area contributed by atoms with Crippen molar-refractivity contribution in [3.05, 3.63) is 59.7 Å². The van der Waals surface area contributed by atoms with E-state index in [2.05, 4.69) is 45.5 Å². The molecule has 0 aliphatic carbocycles. The van der Waals surface area contributed by atoms with Crippen molar-refractivity contribution in [2.24, 2.45) is 21.7 Å². The minimum absolute atomic E-state index is 0.112. The van der Waals surface area contributed by atoms with Crippen LogP contribution in [0.2, 0.25) is 0 Å². The Morgan fingerprint density at radius 2 is 0.971 bits per heavy atom. The summed E-state index contributed by atoms with van der Waals surface area (Å²) in [5.41, 5.74) is 18.7. The number of rotatable bonds is 6. The first-order valence-electron chi connectivity index (χ1n) is 9.75. The summed E-state index contributed by atoms with van der Waals surface area (Å²) < 4.78 is 9.82. The van der Waals surface area contributed by atoms with E-state index in [1.807, 2.05) is 13.8 Å². The fourth-order valence-corrected chi connectivity index (χ4v) is 2.36. The number of nitrogens with zero attached hydrogens (tertiary/aromatic N) is 2. The molecule has 0 fully saturated rings. The summed E-state index contributed by atoms with van der Waals surface area (Å²) in [7, 11) is 0. The maximum Gasteiger partial charge on any atom is 0.308 e. The minimum atomic E-state index is -0.349. The number of carbonyl (C=O) groups excluding carboxylic acids is 2. The number of esters is 2. The van der Waals surface area contributed by atoms with Crippen LogP contribution in [0.3, 0.4) is 0 Å². The number of ether oxygens (including phenoxy) is 2. The number of nitrogens with two attached hydrogens (primary N) is 2. The Balaban J connectivity index is 0.000000340. The number of hydrazone groups is 2. The van der Waals surface area contributed by atoms with E-state index >= 15 is 0 Å². The monoisotopic (exact) mass is 502 g/mol. The van der Waals surface area contributed by atoms with Crippen LogP contribution in [0.4, 0.5) is 0 Å². The number of thiocarbonyl (C=S) groups is 2. The van der Waals surface area contributed by atoms with E-state index in [0.717, 1.165) is 22.6 Å². The predicted octanol–water partition coefficient (Wildman–Crippen LogP) is 2.34. The number of carbonyl (C=O) groups is 2. The molecular formula is C22H26N6O4S2. The van der Waals surface area contributed by atoms with Crippen LogP contribution in [0.1, 0.15) is 38.8 Å². The molecular weight excluding hydrogens is 476 g/mol. The molecule has 0 saturated carbocycles. The highest BCUT2D eigenvalue weighted by molar-refractivity contribution is 7.80. The molecule has 34 heavy (non-hydrogen) atoms. The van der Waals surface area contributed by atoms with Gasteiger partial charge in [-0.2, -0.15) is 10.2 Å². The molecule has 180 valence electrons. The Hall–Kier alpha value is -3.90. The number of benzene rings is 2. The van der Waals surface area contributed by atoms with Gasteiger partial charge in [0.15, 0.2) is 10.2 Å². The van der Waals surface area contributed by atoms with Gasteiger partial charge in [0, 0.05) is 13.8 Å². The molecule has 2 rings (SSSR count). The standard InChI is InChI=1S/2C11H13N3O2S/c2*1-7(13-14-11(12)17)9-3-5-10(6-4-9)16-8(2)15/h2*3-6H,1-2H3,(H3,12,14,17)/b2*13-7+. The largest absolute Gasteiger partial charge is 0.427 e. The molecule has 0 amide bonds. The van der Waals surface area contributed by atoms with E-state index < -0.39 is 0 Å².